The van der Waals surface area contributed by atoms with Crippen molar-refractivity contribution in [2.75, 3.05) is 26.0 Å². The summed E-state index contributed by atoms with van der Waals surface area (Å²) in [7, 11) is -0.711. The summed E-state index contributed by atoms with van der Waals surface area (Å²) in [4.78, 5) is 12.1. The Hall–Kier alpha value is -2.09. The number of sulfonamides is 1. The maximum atomic E-state index is 12.1. The molecule has 0 radical (unpaired) electrons. The number of carbonyl (C=O) groups excluding carboxylic acids is 1. The molecule has 0 aliphatic heterocycles. The van der Waals surface area contributed by atoms with Crippen LogP contribution in [-0.4, -0.2) is 39.3 Å². The molecular formula is C18H21ClN2O4S. The molecule has 2 rings (SSSR count). The van der Waals surface area contributed by atoms with Gasteiger partial charge in [-0.15, -0.1) is 0 Å². The van der Waals surface area contributed by atoms with Gasteiger partial charge in [0.25, 0.3) is 5.91 Å². The quantitative estimate of drug-likeness (QED) is 0.813. The third kappa shape index (κ3) is 4.75. The van der Waals surface area contributed by atoms with E-state index in [2.05, 4.69) is 5.32 Å². The molecule has 8 heteroatoms. The first kappa shape index (κ1) is 20.2. The SMILES string of the molecule is Cc1ccc(NC(=O)COc2ccc(S(=O)(=O)N(C)C)cc2Cl)c(C)c1. The Labute approximate surface area is 158 Å². The van der Waals surface area contributed by atoms with Gasteiger partial charge in [0.15, 0.2) is 6.61 Å². The van der Waals surface area contributed by atoms with Crippen molar-refractivity contribution in [3.8, 4) is 5.75 Å². The van der Waals surface area contributed by atoms with Crippen molar-refractivity contribution in [1.82, 2.24) is 4.31 Å². The number of anilines is 1. The van der Waals surface area contributed by atoms with Crippen LogP contribution >= 0.6 is 11.6 Å². The highest BCUT2D eigenvalue weighted by atomic mass is 35.5. The number of benzene rings is 2. The molecular weight excluding hydrogens is 376 g/mol. The average molecular weight is 397 g/mol. The molecule has 0 fully saturated rings. The van der Waals surface area contributed by atoms with Crippen molar-refractivity contribution in [2.24, 2.45) is 0 Å². The van der Waals surface area contributed by atoms with Crippen LogP contribution in [0.25, 0.3) is 0 Å². The first-order valence-electron chi connectivity index (χ1n) is 7.83. The van der Waals surface area contributed by atoms with Gasteiger partial charge in [0.1, 0.15) is 5.75 Å². The molecule has 1 amide bonds. The van der Waals surface area contributed by atoms with E-state index in [4.69, 9.17) is 16.3 Å². The van der Waals surface area contributed by atoms with Crippen LogP contribution in [0.2, 0.25) is 5.02 Å². The smallest absolute Gasteiger partial charge is 0.262 e. The van der Waals surface area contributed by atoms with Crippen LogP contribution in [0.15, 0.2) is 41.3 Å². The fourth-order valence-corrected chi connectivity index (χ4v) is 3.48. The van der Waals surface area contributed by atoms with Crippen LogP contribution < -0.4 is 10.1 Å². The van der Waals surface area contributed by atoms with E-state index in [-0.39, 0.29) is 28.2 Å². The van der Waals surface area contributed by atoms with E-state index < -0.39 is 10.0 Å². The molecule has 0 bridgehead atoms. The van der Waals surface area contributed by atoms with Crippen molar-refractivity contribution < 1.29 is 17.9 Å². The molecule has 0 unspecified atom stereocenters. The lowest BCUT2D eigenvalue weighted by Crippen LogP contribution is -2.22. The number of halogens is 1. The van der Waals surface area contributed by atoms with Crippen LogP contribution in [0.3, 0.4) is 0 Å². The molecule has 0 spiro atoms. The number of hydrogen-bond acceptors (Lipinski definition) is 4. The third-order valence-electron chi connectivity index (χ3n) is 3.70. The molecule has 140 valence electrons. The average Bonchev–Trinajstić information content (AvgIpc) is 2.56. The Morgan fingerprint density at radius 3 is 2.42 bits per heavy atom. The van der Waals surface area contributed by atoms with Gasteiger partial charge in [0.2, 0.25) is 10.0 Å². The molecule has 0 aromatic heterocycles. The molecule has 1 N–H and O–H groups in total. The number of amides is 1. The predicted molar refractivity (Wildman–Crippen MR) is 102 cm³/mol. The molecule has 0 saturated carbocycles. The van der Waals surface area contributed by atoms with Crippen molar-refractivity contribution in [3.05, 3.63) is 52.5 Å². The normalized spacial score (nSPS) is 11.5. The van der Waals surface area contributed by atoms with E-state index in [9.17, 15) is 13.2 Å². The summed E-state index contributed by atoms with van der Waals surface area (Å²) in [6, 6.07) is 9.83. The molecule has 6 nitrogen and oxygen atoms in total. The summed E-state index contributed by atoms with van der Waals surface area (Å²) in [6.07, 6.45) is 0. The summed E-state index contributed by atoms with van der Waals surface area (Å²) in [5.41, 5.74) is 2.77. The zero-order valence-corrected chi connectivity index (χ0v) is 16.6. The van der Waals surface area contributed by atoms with Gasteiger partial charge in [-0.1, -0.05) is 29.3 Å². The van der Waals surface area contributed by atoms with Crippen LogP contribution in [0.1, 0.15) is 11.1 Å². The van der Waals surface area contributed by atoms with Crippen LogP contribution in [0.5, 0.6) is 5.75 Å². The molecule has 2 aromatic rings. The summed E-state index contributed by atoms with van der Waals surface area (Å²) in [5.74, 6) is -0.0989. The zero-order valence-electron chi connectivity index (χ0n) is 15.0. The summed E-state index contributed by atoms with van der Waals surface area (Å²) < 4.78 is 30.7. The van der Waals surface area contributed by atoms with Crippen molar-refractivity contribution in [2.45, 2.75) is 18.7 Å². The summed E-state index contributed by atoms with van der Waals surface area (Å²) >= 11 is 6.09. The lowest BCUT2D eigenvalue weighted by molar-refractivity contribution is -0.118. The van der Waals surface area contributed by atoms with Gasteiger partial charge in [-0.05, 0) is 43.7 Å². The minimum Gasteiger partial charge on any atom is -0.482 e. The molecule has 0 atom stereocenters. The Morgan fingerprint density at radius 2 is 1.85 bits per heavy atom. The second kappa shape index (κ2) is 8.07. The lowest BCUT2D eigenvalue weighted by atomic mass is 10.1. The Balaban J connectivity index is 2.04. The number of hydrogen-bond donors (Lipinski definition) is 1. The number of carbonyl (C=O) groups is 1. The second-order valence-electron chi connectivity index (χ2n) is 6.03. The van der Waals surface area contributed by atoms with Gasteiger partial charge in [0.05, 0.1) is 9.92 Å². The van der Waals surface area contributed by atoms with Crippen molar-refractivity contribution >= 4 is 33.2 Å². The molecule has 0 heterocycles. The predicted octanol–water partition coefficient (Wildman–Crippen LogP) is 3.22. The number of nitrogens with one attached hydrogen (secondary N) is 1. The summed E-state index contributed by atoms with van der Waals surface area (Å²) in [6.45, 7) is 3.64. The topological polar surface area (TPSA) is 75.7 Å². The first-order chi connectivity index (χ1) is 12.1. The van der Waals surface area contributed by atoms with E-state index in [1.165, 1.54) is 32.3 Å². The van der Waals surface area contributed by atoms with Crippen molar-refractivity contribution in [1.29, 1.82) is 0 Å². The van der Waals surface area contributed by atoms with Crippen LogP contribution in [-0.2, 0) is 14.8 Å². The van der Waals surface area contributed by atoms with E-state index in [1.807, 2.05) is 32.0 Å². The molecule has 0 aliphatic carbocycles. The van der Waals surface area contributed by atoms with Crippen LogP contribution in [0.4, 0.5) is 5.69 Å². The molecule has 2 aromatic carbocycles. The highest BCUT2D eigenvalue weighted by Crippen LogP contribution is 2.28. The second-order valence-corrected chi connectivity index (χ2v) is 8.59. The fourth-order valence-electron chi connectivity index (χ4n) is 2.25. The minimum atomic E-state index is -3.58. The third-order valence-corrected chi connectivity index (χ3v) is 5.80. The van der Waals surface area contributed by atoms with Gasteiger partial charge >= 0.3 is 0 Å². The summed E-state index contributed by atoms with van der Waals surface area (Å²) in [5, 5.41) is 2.89. The number of nitrogens with zero attached hydrogens (tertiary/aromatic N) is 1. The Bertz CT molecular complexity index is 927. The molecule has 26 heavy (non-hydrogen) atoms. The maximum absolute atomic E-state index is 12.1. The Kier molecular flexibility index (Phi) is 6.28. The van der Waals surface area contributed by atoms with Crippen molar-refractivity contribution in [3.63, 3.8) is 0 Å². The monoisotopic (exact) mass is 396 g/mol. The van der Waals surface area contributed by atoms with Gasteiger partial charge in [-0.3, -0.25) is 4.79 Å². The Morgan fingerprint density at radius 1 is 1.15 bits per heavy atom. The van der Waals surface area contributed by atoms with Crippen LogP contribution in [0, 0.1) is 13.8 Å². The van der Waals surface area contributed by atoms with E-state index >= 15 is 0 Å². The highest BCUT2D eigenvalue weighted by molar-refractivity contribution is 7.89. The zero-order chi connectivity index (χ0) is 19.5. The number of ether oxygens (including phenoxy) is 1. The van der Waals surface area contributed by atoms with E-state index in [0.717, 1.165) is 15.4 Å². The van der Waals surface area contributed by atoms with Gasteiger partial charge in [-0.2, -0.15) is 0 Å². The standard InChI is InChI=1S/C18H21ClN2O4S/c1-12-5-7-16(13(2)9-12)20-18(22)11-25-17-8-6-14(10-15(17)19)26(23,24)21(3)4/h5-10H,11H2,1-4H3,(H,20,22). The lowest BCUT2D eigenvalue weighted by Gasteiger charge is -2.14. The van der Waals surface area contributed by atoms with Gasteiger partial charge in [-0.25, -0.2) is 12.7 Å². The fraction of sp³-hybridized carbons (Fsp3) is 0.278. The van der Waals surface area contributed by atoms with Gasteiger partial charge < -0.3 is 10.1 Å². The molecule has 0 saturated heterocycles. The first-order valence-corrected chi connectivity index (χ1v) is 9.65. The maximum Gasteiger partial charge on any atom is 0.262 e. The largest absolute Gasteiger partial charge is 0.482 e. The number of rotatable bonds is 6. The number of aryl methyl sites for hydroxylation is 2. The minimum absolute atomic E-state index is 0.0552. The van der Waals surface area contributed by atoms with E-state index in [1.54, 1.807) is 0 Å². The van der Waals surface area contributed by atoms with E-state index in [0.29, 0.717) is 5.69 Å². The molecule has 0 aliphatic rings. The van der Waals surface area contributed by atoms with Gasteiger partial charge in [0, 0.05) is 19.8 Å². The highest BCUT2D eigenvalue weighted by Gasteiger charge is 2.19.